The molecule has 0 radical (unpaired) electrons. The zero-order valence-corrected chi connectivity index (χ0v) is 14.0. The second-order valence-electron chi connectivity index (χ2n) is 5.21. The summed E-state index contributed by atoms with van der Waals surface area (Å²) in [6.45, 7) is 1.42. The number of nitrogens with zero attached hydrogens (tertiary/aromatic N) is 1. The van der Waals surface area contributed by atoms with Crippen LogP contribution in [0.2, 0.25) is 0 Å². The van der Waals surface area contributed by atoms with E-state index < -0.39 is 0 Å². The van der Waals surface area contributed by atoms with Crippen LogP contribution in [0.5, 0.6) is 11.5 Å². The van der Waals surface area contributed by atoms with Crippen LogP contribution in [0.15, 0.2) is 42.6 Å². The summed E-state index contributed by atoms with van der Waals surface area (Å²) in [7, 11) is 3.23. The molecule has 0 fully saturated rings. The van der Waals surface area contributed by atoms with E-state index in [2.05, 4.69) is 15.6 Å². The average molecular weight is 329 g/mol. The first-order valence-corrected chi connectivity index (χ1v) is 7.81. The molecule has 0 atom stereocenters. The molecular formula is C18H23N3O3. The Morgan fingerprint density at radius 2 is 1.96 bits per heavy atom. The standard InChI is InChI=1S/C18H23N3O3/c1-23-16-7-6-14(11-17(16)24-2)8-10-19-13-18(22)21-12-15-5-3-4-9-20-15/h3-7,9,11,19H,8,10,12-13H2,1-2H3,(H,21,22). The van der Waals surface area contributed by atoms with Crippen LogP contribution in [0.25, 0.3) is 0 Å². The number of carbonyl (C=O) groups excluding carboxylic acids is 1. The lowest BCUT2D eigenvalue weighted by Crippen LogP contribution is -2.34. The minimum Gasteiger partial charge on any atom is -0.493 e. The van der Waals surface area contributed by atoms with Crippen molar-refractivity contribution in [2.75, 3.05) is 27.3 Å². The molecule has 2 N–H and O–H groups in total. The highest BCUT2D eigenvalue weighted by Crippen LogP contribution is 2.27. The molecule has 1 aromatic heterocycles. The highest BCUT2D eigenvalue weighted by Gasteiger charge is 2.05. The van der Waals surface area contributed by atoms with Crippen molar-refractivity contribution in [2.24, 2.45) is 0 Å². The molecule has 0 aliphatic carbocycles. The maximum atomic E-state index is 11.8. The molecule has 128 valence electrons. The molecule has 1 heterocycles. The Morgan fingerprint density at radius 1 is 1.12 bits per heavy atom. The Labute approximate surface area is 142 Å². The fourth-order valence-corrected chi connectivity index (χ4v) is 2.23. The van der Waals surface area contributed by atoms with Crippen LogP contribution in [0.1, 0.15) is 11.3 Å². The maximum Gasteiger partial charge on any atom is 0.234 e. The van der Waals surface area contributed by atoms with E-state index in [4.69, 9.17) is 9.47 Å². The molecule has 0 aliphatic rings. The van der Waals surface area contributed by atoms with Gasteiger partial charge in [-0.1, -0.05) is 12.1 Å². The Morgan fingerprint density at radius 3 is 2.67 bits per heavy atom. The molecule has 0 saturated carbocycles. The Bertz CT molecular complexity index is 647. The van der Waals surface area contributed by atoms with Gasteiger partial charge in [0.05, 0.1) is 33.0 Å². The van der Waals surface area contributed by atoms with E-state index in [0.717, 1.165) is 17.7 Å². The van der Waals surface area contributed by atoms with Crippen molar-refractivity contribution in [2.45, 2.75) is 13.0 Å². The summed E-state index contributed by atoms with van der Waals surface area (Å²) < 4.78 is 10.5. The van der Waals surface area contributed by atoms with Gasteiger partial charge in [-0.05, 0) is 42.8 Å². The van der Waals surface area contributed by atoms with E-state index in [1.807, 2.05) is 36.4 Å². The smallest absolute Gasteiger partial charge is 0.234 e. The Kier molecular flexibility index (Phi) is 7.04. The van der Waals surface area contributed by atoms with Gasteiger partial charge in [0.25, 0.3) is 0 Å². The van der Waals surface area contributed by atoms with Crippen LogP contribution in [-0.4, -0.2) is 38.2 Å². The maximum absolute atomic E-state index is 11.8. The van der Waals surface area contributed by atoms with Crippen LogP contribution in [0.3, 0.4) is 0 Å². The molecular weight excluding hydrogens is 306 g/mol. The number of rotatable bonds is 9. The first-order valence-electron chi connectivity index (χ1n) is 7.81. The third kappa shape index (κ3) is 5.55. The summed E-state index contributed by atoms with van der Waals surface area (Å²) >= 11 is 0. The molecule has 2 aromatic rings. The van der Waals surface area contributed by atoms with Crippen molar-refractivity contribution in [1.29, 1.82) is 0 Å². The summed E-state index contributed by atoms with van der Waals surface area (Å²) in [4.78, 5) is 15.9. The lowest BCUT2D eigenvalue weighted by atomic mass is 10.1. The summed E-state index contributed by atoms with van der Waals surface area (Å²) in [5.41, 5.74) is 1.96. The third-order valence-corrected chi connectivity index (χ3v) is 3.52. The molecule has 0 aliphatic heterocycles. The van der Waals surface area contributed by atoms with Gasteiger partial charge in [-0.2, -0.15) is 0 Å². The lowest BCUT2D eigenvalue weighted by molar-refractivity contribution is -0.120. The van der Waals surface area contributed by atoms with Crippen molar-refractivity contribution in [1.82, 2.24) is 15.6 Å². The van der Waals surface area contributed by atoms with Gasteiger partial charge in [-0.25, -0.2) is 0 Å². The second kappa shape index (κ2) is 9.52. The molecule has 6 heteroatoms. The lowest BCUT2D eigenvalue weighted by Gasteiger charge is -2.10. The van der Waals surface area contributed by atoms with Crippen LogP contribution in [0, 0.1) is 0 Å². The van der Waals surface area contributed by atoms with E-state index in [0.29, 0.717) is 24.6 Å². The normalized spacial score (nSPS) is 10.2. The number of hydrogen-bond donors (Lipinski definition) is 2. The molecule has 6 nitrogen and oxygen atoms in total. The van der Waals surface area contributed by atoms with Gasteiger partial charge in [0.15, 0.2) is 11.5 Å². The van der Waals surface area contributed by atoms with Crippen LogP contribution in [0.4, 0.5) is 0 Å². The molecule has 0 unspecified atom stereocenters. The number of aromatic nitrogens is 1. The molecule has 0 spiro atoms. The first-order chi connectivity index (χ1) is 11.7. The average Bonchev–Trinajstić information content (AvgIpc) is 2.64. The number of carbonyl (C=O) groups is 1. The zero-order valence-electron chi connectivity index (χ0n) is 14.0. The molecule has 0 bridgehead atoms. The van der Waals surface area contributed by atoms with Gasteiger partial charge in [-0.3, -0.25) is 9.78 Å². The molecule has 1 amide bonds. The Hall–Kier alpha value is -2.60. The molecule has 0 saturated heterocycles. The van der Waals surface area contributed by atoms with Crippen molar-refractivity contribution in [3.8, 4) is 11.5 Å². The molecule has 24 heavy (non-hydrogen) atoms. The van der Waals surface area contributed by atoms with Crippen molar-refractivity contribution < 1.29 is 14.3 Å². The van der Waals surface area contributed by atoms with Gasteiger partial charge in [-0.15, -0.1) is 0 Å². The number of pyridine rings is 1. The number of nitrogens with one attached hydrogen (secondary N) is 2. The quantitative estimate of drug-likeness (QED) is 0.683. The van der Waals surface area contributed by atoms with Gasteiger partial charge in [0.1, 0.15) is 0 Å². The summed E-state index contributed by atoms with van der Waals surface area (Å²) in [6, 6.07) is 11.4. The van der Waals surface area contributed by atoms with E-state index in [9.17, 15) is 4.79 Å². The number of amides is 1. The number of ether oxygens (including phenoxy) is 2. The van der Waals surface area contributed by atoms with E-state index in [1.165, 1.54) is 0 Å². The minimum absolute atomic E-state index is 0.0482. The SMILES string of the molecule is COc1ccc(CCNCC(=O)NCc2ccccn2)cc1OC. The number of benzene rings is 1. The highest BCUT2D eigenvalue weighted by atomic mass is 16.5. The predicted octanol–water partition coefficient (Wildman–Crippen LogP) is 1.55. The van der Waals surface area contributed by atoms with Crippen molar-refractivity contribution in [3.05, 3.63) is 53.9 Å². The van der Waals surface area contributed by atoms with E-state index in [-0.39, 0.29) is 12.5 Å². The van der Waals surface area contributed by atoms with Gasteiger partial charge >= 0.3 is 0 Å². The minimum atomic E-state index is -0.0482. The predicted molar refractivity (Wildman–Crippen MR) is 92.2 cm³/mol. The van der Waals surface area contributed by atoms with Gasteiger partial charge < -0.3 is 20.1 Å². The van der Waals surface area contributed by atoms with Crippen LogP contribution >= 0.6 is 0 Å². The fraction of sp³-hybridized carbons (Fsp3) is 0.333. The largest absolute Gasteiger partial charge is 0.493 e. The van der Waals surface area contributed by atoms with Crippen molar-refractivity contribution >= 4 is 5.91 Å². The monoisotopic (exact) mass is 329 g/mol. The highest BCUT2D eigenvalue weighted by molar-refractivity contribution is 5.77. The number of methoxy groups -OCH3 is 2. The summed E-state index contributed by atoms with van der Waals surface area (Å²) in [5.74, 6) is 1.37. The fourth-order valence-electron chi connectivity index (χ4n) is 2.23. The number of hydrogen-bond acceptors (Lipinski definition) is 5. The third-order valence-electron chi connectivity index (χ3n) is 3.52. The first kappa shape index (κ1) is 17.7. The van der Waals surface area contributed by atoms with Gasteiger partial charge in [0, 0.05) is 6.20 Å². The van der Waals surface area contributed by atoms with Crippen LogP contribution in [-0.2, 0) is 17.8 Å². The summed E-state index contributed by atoms with van der Waals surface area (Å²) in [5, 5.41) is 5.96. The topological polar surface area (TPSA) is 72.5 Å². The summed E-state index contributed by atoms with van der Waals surface area (Å²) in [6.07, 6.45) is 2.51. The molecule has 2 rings (SSSR count). The van der Waals surface area contributed by atoms with Crippen LogP contribution < -0.4 is 20.1 Å². The van der Waals surface area contributed by atoms with E-state index >= 15 is 0 Å². The Balaban J connectivity index is 1.68. The molecule has 1 aromatic carbocycles. The zero-order chi connectivity index (χ0) is 17.2. The van der Waals surface area contributed by atoms with Gasteiger partial charge in [0.2, 0.25) is 5.91 Å². The van der Waals surface area contributed by atoms with Crippen molar-refractivity contribution in [3.63, 3.8) is 0 Å². The second-order valence-corrected chi connectivity index (χ2v) is 5.21. The van der Waals surface area contributed by atoms with E-state index in [1.54, 1.807) is 20.4 Å².